The highest BCUT2D eigenvalue weighted by Gasteiger charge is 2.16. The van der Waals surface area contributed by atoms with Crippen LogP contribution in [-0.2, 0) is 0 Å². The second-order valence-electron chi connectivity index (χ2n) is 2.32. The highest BCUT2D eigenvalue weighted by atomic mass is 19.3. The Labute approximate surface area is 72.3 Å². The summed E-state index contributed by atoms with van der Waals surface area (Å²) < 4.78 is 29.0. The summed E-state index contributed by atoms with van der Waals surface area (Å²) in [5.41, 5.74) is 3.90. The number of nitrogens with one attached hydrogen (secondary N) is 1. The molecule has 1 heterocycles. The normalized spacial score (nSPS) is 10.5. The minimum Gasteiger partial charge on any atom is -0.490 e. The van der Waals surface area contributed by atoms with E-state index in [9.17, 15) is 13.6 Å². The van der Waals surface area contributed by atoms with Gasteiger partial charge in [0.25, 0.3) is 12.0 Å². The molecule has 0 aliphatic rings. The number of rotatable bonds is 2. The molecule has 0 aliphatic heterocycles. The van der Waals surface area contributed by atoms with Gasteiger partial charge in [-0.3, -0.25) is 4.79 Å². The van der Waals surface area contributed by atoms with Gasteiger partial charge in [-0.15, -0.1) is 0 Å². The lowest BCUT2D eigenvalue weighted by molar-refractivity contribution is 0.151. The summed E-state index contributed by atoms with van der Waals surface area (Å²) in [5.74, 6) is -0.280. The van der Waals surface area contributed by atoms with Crippen molar-refractivity contribution in [1.29, 1.82) is 0 Å². The van der Waals surface area contributed by atoms with Crippen LogP contribution in [0, 0.1) is 0 Å². The predicted molar refractivity (Wildman–Crippen MR) is 43.0 cm³/mol. The maximum Gasteiger partial charge on any atom is 0.292 e. The van der Waals surface area contributed by atoms with Gasteiger partial charge in [-0.05, 0) is 0 Å². The van der Waals surface area contributed by atoms with Crippen molar-refractivity contribution in [1.82, 2.24) is 4.98 Å². The Morgan fingerprint density at radius 1 is 1.62 bits per heavy atom. The van der Waals surface area contributed by atoms with Crippen molar-refractivity contribution in [2.45, 2.75) is 6.43 Å². The number of anilines is 1. The van der Waals surface area contributed by atoms with Gasteiger partial charge >= 0.3 is 0 Å². The topological polar surface area (TPSA) is 68.1 Å². The van der Waals surface area contributed by atoms with Gasteiger partial charge in [0, 0.05) is 6.20 Å². The molecule has 0 saturated heterocycles. The molecule has 1 aromatic rings. The van der Waals surface area contributed by atoms with Crippen LogP contribution in [0.5, 0.6) is 5.75 Å². The van der Waals surface area contributed by atoms with Crippen LogP contribution in [0.3, 0.4) is 0 Å². The number of aromatic nitrogens is 1. The number of nitrogen functional groups attached to an aromatic ring is 1. The number of hydrogen-bond acceptors (Lipinski definition) is 3. The fourth-order valence-corrected chi connectivity index (χ4v) is 0.923. The first-order valence-corrected chi connectivity index (χ1v) is 3.41. The summed E-state index contributed by atoms with van der Waals surface area (Å²) in [6, 6.07) is 0. The molecule has 1 rings (SSSR count). The molecular formula is C7H8F2N2O2. The highest BCUT2D eigenvalue weighted by molar-refractivity contribution is 5.56. The van der Waals surface area contributed by atoms with E-state index in [2.05, 4.69) is 9.72 Å². The fraction of sp³-hybridized carbons (Fsp3) is 0.286. The van der Waals surface area contributed by atoms with E-state index >= 15 is 0 Å². The SMILES string of the molecule is COc1c(N)c(C(F)F)c[nH]c1=O. The lowest BCUT2D eigenvalue weighted by atomic mass is 10.2. The number of alkyl halides is 2. The Bertz CT molecular complexity index is 362. The first kappa shape index (κ1) is 9.50. The molecule has 0 saturated carbocycles. The Hall–Kier alpha value is -1.59. The van der Waals surface area contributed by atoms with Crippen molar-refractivity contribution < 1.29 is 13.5 Å². The molecule has 0 amide bonds. The molecule has 0 radical (unpaired) electrons. The summed E-state index contributed by atoms with van der Waals surface area (Å²) in [6.07, 6.45) is -1.85. The summed E-state index contributed by atoms with van der Waals surface area (Å²) >= 11 is 0. The molecular weight excluding hydrogens is 182 g/mol. The lowest BCUT2D eigenvalue weighted by Gasteiger charge is -2.07. The van der Waals surface area contributed by atoms with Crippen LogP contribution in [0.1, 0.15) is 12.0 Å². The maximum absolute atomic E-state index is 12.2. The molecule has 0 spiro atoms. The van der Waals surface area contributed by atoms with Crippen molar-refractivity contribution in [3.05, 3.63) is 22.1 Å². The summed E-state index contributed by atoms with van der Waals surface area (Å²) in [4.78, 5) is 13.0. The van der Waals surface area contributed by atoms with E-state index in [0.29, 0.717) is 0 Å². The lowest BCUT2D eigenvalue weighted by Crippen LogP contribution is -2.13. The zero-order valence-electron chi connectivity index (χ0n) is 6.80. The molecule has 1 aromatic heterocycles. The van der Waals surface area contributed by atoms with E-state index in [1.807, 2.05) is 0 Å². The highest BCUT2D eigenvalue weighted by Crippen LogP contribution is 2.28. The third-order valence-corrected chi connectivity index (χ3v) is 1.56. The number of halogens is 2. The third kappa shape index (κ3) is 1.61. The van der Waals surface area contributed by atoms with Crippen molar-refractivity contribution in [2.24, 2.45) is 0 Å². The molecule has 72 valence electrons. The first-order valence-electron chi connectivity index (χ1n) is 3.41. The Kier molecular flexibility index (Phi) is 2.50. The van der Waals surface area contributed by atoms with Gasteiger partial charge in [0.05, 0.1) is 18.4 Å². The minimum absolute atomic E-state index is 0.280. The number of nitrogens with two attached hydrogens (primary N) is 1. The van der Waals surface area contributed by atoms with Gasteiger partial charge in [0.15, 0.2) is 0 Å². The van der Waals surface area contributed by atoms with E-state index < -0.39 is 17.5 Å². The van der Waals surface area contributed by atoms with E-state index in [4.69, 9.17) is 5.73 Å². The van der Waals surface area contributed by atoms with E-state index in [1.165, 1.54) is 7.11 Å². The second kappa shape index (κ2) is 3.42. The maximum atomic E-state index is 12.2. The summed E-state index contributed by atoms with van der Waals surface area (Å²) in [6.45, 7) is 0. The summed E-state index contributed by atoms with van der Waals surface area (Å²) in [7, 11) is 1.19. The monoisotopic (exact) mass is 190 g/mol. The van der Waals surface area contributed by atoms with E-state index in [1.54, 1.807) is 0 Å². The van der Waals surface area contributed by atoms with Crippen molar-refractivity contribution in [2.75, 3.05) is 12.8 Å². The molecule has 0 unspecified atom stereocenters. The number of hydrogen-bond donors (Lipinski definition) is 2. The van der Waals surface area contributed by atoms with Crippen LogP contribution < -0.4 is 16.0 Å². The van der Waals surface area contributed by atoms with E-state index in [0.717, 1.165) is 6.20 Å². The molecule has 6 heteroatoms. The molecule has 4 nitrogen and oxygen atoms in total. The van der Waals surface area contributed by atoms with Crippen LogP contribution >= 0.6 is 0 Å². The van der Waals surface area contributed by atoms with Crippen LogP contribution in [0.25, 0.3) is 0 Å². The van der Waals surface area contributed by atoms with Gasteiger partial charge < -0.3 is 15.5 Å². The van der Waals surface area contributed by atoms with Crippen LogP contribution in [0.15, 0.2) is 11.0 Å². The quantitative estimate of drug-likeness (QED) is 0.728. The molecule has 0 bridgehead atoms. The van der Waals surface area contributed by atoms with Gasteiger partial charge in [-0.2, -0.15) is 0 Å². The number of methoxy groups -OCH3 is 1. The molecule has 13 heavy (non-hydrogen) atoms. The average molecular weight is 190 g/mol. The van der Waals surface area contributed by atoms with Gasteiger partial charge in [-0.25, -0.2) is 8.78 Å². The average Bonchev–Trinajstić information content (AvgIpc) is 2.04. The zero-order chi connectivity index (χ0) is 10.0. The number of H-pyrrole nitrogens is 1. The largest absolute Gasteiger partial charge is 0.490 e. The van der Waals surface area contributed by atoms with Crippen molar-refractivity contribution in [3.8, 4) is 5.75 Å². The Balaban J connectivity index is 3.36. The smallest absolute Gasteiger partial charge is 0.292 e. The van der Waals surface area contributed by atoms with Crippen molar-refractivity contribution in [3.63, 3.8) is 0 Å². The minimum atomic E-state index is -2.73. The predicted octanol–water partition coefficient (Wildman–Crippen LogP) is 0.903. The standard InChI is InChI=1S/C7H8F2N2O2/c1-13-5-4(10)3(6(8)9)2-11-7(5)12/h2,6H,1H3,(H3,10,11,12). The first-order chi connectivity index (χ1) is 6.07. The van der Waals surface area contributed by atoms with Gasteiger partial charge in [-0.1, -0.05) is 0 Å². The third-order valence-electron chi connectivity index (χ3n) is 1.56. The van der Waals surface area contributed by atoms with Crippen LogP contribution in [0.2, 0.25) is 0 Å². The van der Waals surface area contributed by atoms with Gasteiger partial charge in [0.1, 0.15) is 0 Å². The number of aromatic amines is 1. The molecule has 3 N–H and O–H groups in total. The second-order valence-corrected chi connectivity index (χ2v) is 2.32. The summed E-state index contributed by atoms with van der Waals surface area (Å²) in [5, 5.41) is 0. The van der Waals surface area contributed by atoms with E-state index in [-0.39, 0.29) is 11.4 Å². The molecule has 0 aliphatic carbocycles. The van der Waals surface area contributed by atoms with Crippen molar-refractivity contribution >= 4 is 5.69 Å². The Morgan fingerprint density at radius 2 is 2.23 bits per heavy atom. The number of pyridine rings is 1. The molecule has 0 atom stereocenters. The fourth-order valence-electron chi connectivity index (χ4n) is 0.923. The van der Waals surface area contributed by atoms with Crippen LogP contribution in [-0.4, -0.2) is 12.1 Å². The zero-order valence-corrected chi connectivity index (χ0v) is 6.80. The Morgan fingerprint density at radius 3 is 2.69 bits per heavy atom. The van der Waals surface area contributed by atoms with Crippen LogP contribution in [0.4, 0.5) is 14.5 Å². The van der Waals surface area contributed by atoms with Gasteiger partial charge in [0.2, 0.25) is 5.75 Å². The molecule has 0 aromatic carbocycles. The number of ether oxygens (including phenoxy) is 1. The molecule has 0 fully saturated rings.